The summed E-state index contributed by atoms with van der Waals surface area (Å²) in [6, 6.07) is 5.89. The Bertz CT molecular complexity index is 623. The molecule has 0 radical (unpaired) electrons. The van der Waals surface area contributed by atoms with Gasteiger partial charge in [-0.3, -0.25) is 0 Å². The van der Waals surface area contributed by atoms with Crippen molar-refractivity contribution >= 4 is 11.4 Å². The van der Waals surface area contributed by atoms with Gasteiger partial charge in [0.1, 0.15) is 0 Å². The van der Waals surface area contributed by atoms with Crippen LogP contribution in [0.1, 0.15) is 16.8 Å². The predicted octanol–water partition coefficient (Wildman–Crippen LogP) is 3.31. The van der Waals surface area contributed by atoms with Crippen LogP contribution < -0.4 is 5.63 Å². The van der Waals surface area contributed by atoms with Gasteiger partial charge in [-0.15, -0.1) is 10.2 Å². The molecule has 1 aromatic carbocycles. The standard InChI is InChI=1S/C12H13N3O2/c1-7-4-5-8(2)10(6-7)13-14-11-9(3)15-17-12(11)16/h4-6,15H,1-3H3. The summed E-state index contributed by atoms with van der Waals surface area (Å²) in [6.07, 6.45) is 0. The second-order valence-corrected chi connectivity index (χ2v) is 3.96. The molecule has 0 spiro atoms. The van der Waals surface area contributed by atoms with E-state index in [1.807, 2.05) is 32.0 Å². The fourth-order valence-electron chi connectivity index (χ4n) is 1.42. The number of H-pyrrole nitrogens is 1. The molecule has 0 fully saturated rings. The summed E-state index contributed by atoms with van der Waals surface area (Å²) in [5, 5.41) is 10.5. The van der Waals surface area contributed by atoms with Crippen molar-refractivity contribution in [3.05, 3.63) is 45.4 Å². The van der Waals surface area contributed by atoms with Gasteiger partial charge < -0.3 is 4.52 Å². The Labute approximate surface area is 98.2 Å². The minimum atomic E-state index is -0.503. The minimum absolute atomic E-state index is 0.214. The molecule has 0 unspecified atom stereocenters. The highest BCUT2D eigenvalue weighted by Crippen LogP contribution is 2.22. The van der Waals surface area contributed by atoms with Gasteiger partial charge in [0.2, 0.25) is 0 Å². The van der Waals surface area contributed by atoms with Crippen molar-refractivity contribution in [2.45, 2.75) is 20.8 Å². The molecule has 17 heavy (non-hydrogen) atoms. The van der Waals surface area contributed by atoms with Crippen LogP contribution in [0.4, 0.5) is 11.4 Å². The number of hydrogen-bond acceptors (Lipinski definition) is 4. The van der Waals surface area contributed by atoms with Crippen molar-refractivity contribution in [3.63, 3.8) is 0 Å². The van der Waals surface area contributed by atoms with Crippen LogP contribution in [0.25, 0.3) is 0 Å². The van der Waals surface area contributed by atoms with Crippen molar-refractivity contribution in [3.8, 4) is 0 Å². The Kier molecular flexibility index (Phi) is 2.91. The van der Waals surface area contributed by atoms with E-state index >= 15 is 0 Å². The van der Waals surface area contributed by atoms with Crippen molar-refractivity contribution in [1.82, 2.24) is 5.16 Å². The molecular weight excluding hydrogens is 218 g/mol. The van der Waals surface area contributed by atoms with E-state index in [1.165, 1.54) is 0 Å². The number of aromatic nitrogens is 1. The van der Waals surface area contributed by atoms with Crippen LogP contribution in [0.2, 0.25) is 0 Å². The number of benzene rings is 1. The first-order valence-corrected chi connectivity index (χ1v) is 5.25. The first-order valence-electron chi connectivity index (χ1n) is 5.25. The lowest BCUT2D eigenvalue weighted by Crippen LogP contribution is -1.89. The highest BCUT2D eigenvalue weighted by atomic mass is 16.5. The first-order chi connectivity index (χ1) is 8.08. The monoisotopic (exact) mass is 231 g/mol. The Hall–Kier alpha value is -2.17. The zero-order valence-corrected chi connectivity index (χ0v) is 9.94. The van der Waals surface area contributed by atoms with Gasteiger partial charge in [0, 0.05) is 0 Å². The molecule has 2 aromatic rings. The summed E-state index contributed by atoms with van der Waals surface area (Å²) in [6.45, 7) is 5.64. The third-order valence-electron chi connectivity index (χ3n) is 2.47. The van der Waals surface area contributed by atoms with Crippen LogP contribution in [-0.2, 0) is 0 Å². The van der Waals surface area contributed by atoms with Crippen LogP contribution >= 0.6 is 0 Å². The Morgan fingerprint density at radius 2 is 1.94 bits per heavy atom. The van der Waals surface area contributed by atoms with Crippen LogP contribution in [0.15, 0.2) is 37.7 Å². The van der Waals surface area contributed by atoms with Gasteiger partial charge in [-0.1, -0.05) is 12.1 Å². The van der Waals surface area contributed by atoms with E-state index in [0.717, 1.165) is 16.8 Å². The summed E-state index contributed by atoms with van der Waals surface area (Å²) in [5.41, 5.74) is 3.15. The maximum Gasteiger partial charge on any atom is 0.384 e. The van der Waals surface area contributed by atoms with Gasteiger partial charge in [-0.25, -0.2) is 9.95 Å². The highest BCUT2D eigenvalue weighted by Gasteiger charge is 2.06. The Morgan fingerprint density at radius 1 is 1.18 bits per heavy atom. The average Bonchev–Trinajstić information content (AvgIpc) is 2.61. The largest absolute Gasteiger partial charge is 0.384 e. The average molecular weight is 231 g/mol. The van der Waals surface area contributed by atoms with E-state index in [0.29, 0.717) is 5.69 Å². The van der Waals surface area contributed by atoms with Gasteiger partial charge >= 0.3 is 5.63 Å². The van der Waals surface area contributed by atoms with Crippen LogP contribution in [0, 0.1) is 20.8 Å². The predicted molar refractivity (Wildman–Crippen MR) is 64.2 cm³/mol. The van der Waals surface area contributed by atoms with Gasteiger partial charge in [0.05, 0.1) is 11.4 Å². The third kappa shape index (κ3) is 2.33. The summed E-state index contributed by atoms with van der Waals surface area (Å²) in [4.78, 5) is 11.3. The zero-order valence-electron chi connectivity index (χ0n) is 9.94. The number of nitrogens with zero attached hydrogens (tertiary/aromatic N) is 2. The van der Waals surface area contributed by atoms with Gasteiger partial charge in [-0.05, 0) is 38.0 Å². The Morgan fingerprint density at radius 3 is 2.59 bits per heavy atom. The SMILES string of the molecule is Cc1ccc(C)c(N=Nc2c(C)[nH]oc2=O)c1. The van der Waals surface area contributed by atoms with Crippen LogP contribution in [0.3, 0.4) is 0 Å². The zero-order chi connectivity index (χ0) is 12.4. The fraction of sp³-hybridized carbons (Fsp3) is 0.250. The number of aryl methyl sites for hydroxylation is 3. The van der Waals surface area contributed by atoms with Gasteiger partial charge in [0.25, 0.3) is 0 Å². The maximum absolute atomic E-state index is 11.3. The number of rotatable bonds is 2. The van der Waals surface area contributed by atoms with E-state index in [2.05, 4.69) is 19.9 Å². The molecule has 1 N–H and O–H groups in total. The lowest BCUT2D eigenvalue weighted by molar-refractivity contribution is 0.388. The molecule has 0 aliphatic rings. The van der Waals surface area contributed by atoms with Gasteiger partial charge in [0.15, 0.2) is 5.69 Å². The number of azo groups is 1. The van der Waals surface area contributed by atoms with Gasteiger partial charge in [-0.2, -0.15) is 0 Å². The quantitative estimate of drug-likeness (QED) is 0.805. The number of nitrogens with one attached hydrogen (secondary N) is 1. The Balaban J connectivity index is 2.39. The molecule has 0 saturated carbocycles. The van der Waals surface area contributed by atoms with E-state index in [9.17, 15) is 4.79 Å². The van der Waals surface area contributed by atoms with E-state index in [-0.39, 0.29) is 5.69 Å². The summed E-state index contributed by atoms with van der Waals surface area (Å²) in [7, 11) is 0. The summed E-state index contributed by atoms with van der Waals surface area (Å²) < 4.78 is 4.60. The molecule has 1 aromatic heterocycles. The molecule has 0 amide bonds. The third-order valence-corrected chi connectivity index (χ3v) is 2.47. The molecule has 2 rings (SSSR count). The van der Waals surface area contributed by atoms with E-state index < -0.39 is 5.63 Å². The molecule has 1 heterocycles. The molecule has 88 valence electrons. The topological polar surface area (TPSA) is 70.7 Å². The fourth-order valence-corrected chi connectivity index (χ4v) is 1.42. The number of aromatic amines is 1. The molecule has 0 aliphatic heterocycles. The normalized spacial score (nSPS) is 11.2. The van der Waals surface area contributed by atoms with Crippen molar-refractivity contribution in [2.75, 3.05) is 0 Å². The molecule has 0 atom stereocenters. The lowest BCUT2D eigenvalue weighted by atomic mass is 10.1. The second-order valence-electron chi connectivity index (χ2n) is 3.96. The van der Waals surface area contributed by atoms with Crippen molar-refractivity contribution < 1.29 is 4.52 Å². The van der Waals surface area contributed by atoms with Crippen LogP contribution in [-0.4, -0.2) is 5.16 Å². The molecule has 0 bridgehead atoms. The molecule has 5 nitrogen and oxygen atoms in total. The molecular formula is C12H13N3O2. The maximum atomic E-state index is 11.3. The summed E-state index contributed by atoms with van der Waals surface area (Å²) in [5.74, 6) is 0. The first kappa shape index (κ1) is 11.3. The number of hydrogen-bond donors (Lipinski definition) is 1. The molecule has 5 heteroatoms. The minimum Gasteiger partial charge on any atom is -0.336 e. The summed E-state index contributed by atoms with van der Waals surface area (Å²) >= 11 is 0. The molecule has 0 saturated heterocycles. The highest BCUT2D eigenvalue weighted by molar-refractivity contribution is 5.48. The second kappa shape index (κ2) is 4.37. The lowest BCUT2D eigenvalue weighted by Gasteiger charge is -1.99. The van der Waals surface area contributed by atoms with E-state index in [4.69, 9.17) is 0 Å². The molecule has 0 aliphatic carbocycles. The van der Waals surface area contributed by atoms with Crippen molar-refractivity contribution in [1.29, 1.82) is 0 Å². The van der Waals surface area contributed by atoms with Crippen molar-refractivity contribution in [2.24, 2.45) is 10.2 Å². The smallest absolute Gasteiger partial charge is 0.336 e. The van der Waals surface area contributed by atoms with Crippen LogP contribution in [0.5, 0.6) is 0 Å². The van der Waals surface area contributed by atoms with E-state index in [1.54, 1.807) is 6.92 Å².